The largest absolute Gasteiger partial charge is 0.481 e. The van der Waals surface area contributed by atoms with E-state index in [1.165, 1.54) is 60.2 Å². The second kappa shape index (κ2) is 43.6. The number of hydrogen-bond donors (Lipinski definition) is 4. The van der Waals surface area contributed by atoms with Crippen LogP contribution in [0.1, 0.15) is 72.9 Å². The van der Waals surface area contributed by atoms with Crippen LogP contribution >= 0.6 is 11.6 Å². The van der Waals surface area contributed by atoms with E-state index < -0.39 is 47.7 Å². The number of nitrogens with one attached hydrogen (secondary N) is 4. The van der Waals surface area contributed by atoms with Crippen LogP contribution in [-0.4, -0.2) is 283 Å². The first-order valence-electron chi connectivity index (χ1n) is 41.6. The SMILES string of the molecule is CCO[C@H]1CN(C(=O)OC)CC1Nc1c(C)nc(-c2ccc(C(F)(F)F)cc2Cl)n(C)c1=O.CCO[C@H]1CN(C(=O)OC)CC1Nc1c(C)nc(-c2ccc(N(C)C)cc2C)n(C)c1=O.CCO[C@H]1CN(C(=O)OC)CC1Nc1c(C)nc(-c2ccc(OC)nc2C)n(C)c1=O.CCO[C@H]1CN(C(=O)OC)CC1Nc1c(C)nc(-c2cnc(N(C)C)cc2C)n(C)c1=O. The van der Waals surface area contributed by atoms with Gasteiger partial charge in [-0.05, 0) is 136 Å². The van der Waals surface area contributed by atoms with Crippen molar-refractivity contribution in [3.63, 3.8) is 0 Å². The van der Waals surface area contributed by atoms with Gasteiger partial charge in [0.1, 0.15) is 51.9 Å². The van der Waals surface area contributed by atoms with E-state index in [-0.39, 0.29) is 87.9 Å². The Labute approximate surface area is 746 Å². The number of likely N-dealkylation sites (tertiary alicyclic amines) is 4. The molecule has 0 radical (unpaired) electrons. The summed E-state index contributed by atoms with van der Waals surface area (Å²) in [6.07, 6.45) is -5.68. The number of carbonyl (C=O) groups is 4. The first kappa shape index (κ1) is 99.6. The number of rotatable bonds is 23. The molecule has 4 aliphatic heterocycles. The molecule has 4 N–H and O–H groups in total. The van der Waals surface area contributed by atoms with Crippen molar-refractivity contribution in [3.05, 3.63) is 152 Å². The zero-order chi connectivity index (χ0) is 94.4. The van der Waals surface area contributed by atoms with E-state index in [1.807, 2.05) is 118 Å². The molecule has 37 nitrogen and oxygen atoms in total. The highest BCUT2D eigenvalue weighted by molar-refractivity contribution is 6.33. The van der Waals surface area contributed by atoms with Crippen LogP contribution in [0.4, 0.5) is 66.6 Å². The molecule has 0 saturated carbocycles. The number of anilines is 6. The maximum atomic E-state index is 13.3. The fraction of sp³-hybridized carbons (Fsp3) is 0.517. The third kappa shape index (κ3) is 22.9. The van der Waals surface area contributed by atoms with Crippen LogP contribution in [-0.2, 0) is 72.3 Å². The molecule has 8 aromatic rings. The molecule has 4 saturated heterocycles. The summed E-state index contributed by atoms with van der Waals surface area (Å²) in [7, 11) is 21.3. The molecule has 12 rings (SSSR count). The van der Waals surface area contributed by atoms with E-state index in [0.717, 1.165) is 51.5 Å². The third-order valence-corrected chi connectivity index (χ3v) is 22.6. The summed E-state index contributed by atoms with van der Waals surface area (Å²) in [4.78, 5) is 138. The van der Waals surface area contributed by atoms with Gasteiger partial charge in [-0.25, -0.2) is 49.1 Å². The molecule has 0 aliphatic carbocycles. The molecule has 4 aliphatic rings. The molecule has 41 heteroatoms. The van der Waals surface area contributed by atoms with Crippen molar-refractivity contribution in [1.29, 1.82) is 0 Å². The molecular formula is C87H118ClF3N20O17. The van der Waals surface area contributed by atoms with Gasteiger partial charge in [-0.2, -0.15) is 13.2 Å². The minimum absolute atomic E-state index is 0.130. The fourth-order valence-corrected chi connectivity index (χ4v) is 15.7. The van der Waals surface area contributed by atoms with Gasteiger partial charge < -0.3 is 93.3 Å². The number of nitrogens with zero attached hydrogens (tertiary/aromatic N) is 16. The van der Waals surface area contributed by atoms with Crippen molar-refractivity contribution >= 4 is 70.2 Å². The third-order valence-electron chi connectivity index (χ3n) is 22.3. The number of methoxy groups -OCH3 is 5. The maximum absolute atomic E-state index is 13.3. The fourth-order valence-electron chi connectivity index (χ4n) is 15.5. The summed E-state index contributed by atoms with van der Waals surface area (Å²) in [6, 6.07) is 13.4. The second-order valence-corrected chi connectivity index (χ2v) is 31.8. The highest BCUT2D eigenvalue weighted by atomic mass is 35.5. The lowest BCUT2D eigenvalue weighted by Crippen LogP contribution is -2.38. The van der Waals surface area contributed by atoms with E-state index in [2.05, 4.69) is 47.3 Å². The summed E-state index contributed by atoms with van der Waals surface area (Å²) >= 11 is 6.10. The molecule has 696 valence electrons. The van der Waals surface area contributed by atoms with E-state index in [9.17, 15) is 51.5 Å². The minimum Gasteiger partial charge on any atom is -0.481 e. The van der Waals surface area contributed by atoms with Gasteiger partial charge in [-0.15, -0.1) is 0 Å². The van der Waals surface area contributed by atoms with Gasteiger partial charge in [0.15, 0.2) is 0 Å². The predicted octanol–water partition coefficient (Wildman–Crippen LogP) is 9.62. The molecule has 0 bridgehead atoms. The molecule has 2 aromatic carbocycles. The van der Waals surface area contributed by atoms with Crippen molar-refractivity contribution in [1.82, 2.24) is 67.8 Å². The number of halogens is 4. The summed E-state index contributed by atoms with van der Waals surface area (Å²) in [5.41, 5.74) is 8.01. The number of alkyl halides is 3. The summed E-state index contributed by atoms with van der Waals surface area (Å²) < 4.78 is 92.3. The first-order valence-corrected chi connectivity index (χ1v) is 42.0. The normalized spacial score (nSPS) is 18.2. The zero-order valence-corrected chi connectivity index (χ0v) is 77.7. The summed E-state index contributed by atoms with van der Waals surface area (Å²) in [5.74, 6) is 3.15. The average Bonchev–Trinajstić information content (AvgIpc) is 1.14. The minimum atomic E-state index is -4.54. The van der Waals surface area contributed by atoms with Gasteiger partial charge in [0.2, 0.25) is 5.88 Å². The van der Waals surface area contributed by atoms with Crippen LogP contribution in [0, 0.1) is 48.5 Å². The Morgan fingerprint density at radius 1 is 0.422 bits per heavy atom. The Bertz CT molecular complexity index is 5410. The predicted molar refractivity (Wildman–Crippen MR) is 481 cm³/mol. The van der Waals surface area contributed by atoms with Crippen LogP contribution in [0.2, 0.25) is 5.02 Å². The molecule has 4 amide bonds. The van der Waals surface area contributed by atoms with Crippen LogP contribution in [0.15, 0.2) is 80.0 Å². The Hall–Kier alpha value is -12.1. The van der Waals surface area contributed by atoms with Crippen molar-refractivity contribution in [2.45, 2.75) is 131 Å². The number of amides is 4. The van der Waals surface area contributed by atoms with Gasteiger partial charge in [0.05, 0.1) is 149 Å². The van der Waals surface area contributed by atoms with Gasteiger partial charge in [-0.3, -0.25) is 37.4 Å². The maximum Gasteiger partial charge on any atom is 0.416 e. The summed E-state index contributed by atoms with van der Waals surface area (Å²) in [6.45, 7) is 25.1. The number of hydrogen-bond acceptors (Lipinski definition) is 29. The standard InChI is InChI=1S/C23H33N5O4.C22H32N6O4.C21H24ClF3N4O4.C21H29N5O5/c1-8-32-19-13-28(23(30)31-7)12-18(19)25-20-15(3)24-21(27(6)22(20)29)17-10-9-16(26(4)5)11-14(17)2;1-8-32-17-12-28(22(30)31-7)11-16(17)25-19-14(3)24-20(27(6)21(19)29)15-10-23-18(26(4)5)9-13(15)2;1-5-33-16-10-29(20(31)32-4)9-15(16)27-17-11(2)26-18(28(3)19(17)30)13-7-6-12(8-14(13)22)21(23,24)25;1-7-31-16-11-26(21(28)30-6)10-15(16)24-18-13(3)23-19(25(4)20(18)27)14-8-9-17(29-5)22-12(14)2/h9-11,18-19,25H,8,12-13H2,1-7H3;9-10,16-17,25H,8,11-12H2,1-7H3;6-8,15-16,27H,5,9-10H2,1-4H3;8-9,15-16,24H,7,10-11H2,1-6H3/t18?,19-;16?,17-;2*15?,16-/m0000/s1. The van der Waals surface area contributed by atoms with E-state index in [4.69, 9.17) is 64.2 Å². The number of pyridine rings is 2. The lowest BCUT2D eigenvalue weighted by molar-refractivity contribution is -0.137. The Balaban J connectivity index is 0.000000193. The van der Waals surface area contributed by atoms with Crippen molar-refractivity contribution in [2.75, 3.05) is 174 Å². The molecular weight excluding hydrogens is 1690 g/mol. The topological polar surface area (TPSA) is 384 Å². The quantitative estimate of drug-likeness (QED) is 0.0433. The highest BCUT2D eigenvalue weighted by Crippen LogP contribution is 2.37. The van der Waals surface area contributed by atoms with E-state index >= 15 is 0 Å². The Kier molecular flexibility index (Phi) is 33.9. The van der Waals surface area contributed by atoms with Gasteiger partial charge in [-0.1, -0.05) is 11.6 Å². The Morgan fingerprint density at radius 3 is 1.03 bits per heavy atom. The van der Waals surface area contributed by atoms with Gasteiger partial charge >= 0.3 is 30.5 Å². The molecule has 10 heterocycles. The van der Waals surface area contributed by atoms with Crippen LogP contribution in [0.5, 0.6) is 5.88 Å². The second-order valence-electron chi connectivity index (χ2n) is 31.3. The van der Waals surface area contributed by atoms with Gasteiger partial charge in [0, 0.05) is 149 Å². The smallest absolute Gasteiger partial charge is 0.416 e. The van der Waals surface area contributed by atoms with Crippen molar-refractivity contribution < 1.29 is 75.0 Å². The van der Waals surface area contributed by atoms with Crippen LogP contribution in [0.3, 0.4) is 0 Å². The van der Waals surface area contributed by atoms with E-state index in [0.29, 0.717) is 141 Å². The molecule has 6 aromatic heterocycles. The highest BCUT2D eigenvalue weighted by Gasteiger charge is 2.42. The van der Waals surface area contributed by atoms with E-state index in [1.54, 1.807) is 80.6 Å². The first-order chi connectivity index (χ1) is 60.6. The number of benzene rings is 2. The average molecular weight is 1810 g/mol. The van der Waals surface area contributed by atoms with Gasteiger partial charge in [0.25, 0.3) is 22.2 Å². The zero-order valence-electron chi connectivity index (χ0n) is 77.0. The number of carbonyl (C=O) groups excluding carboxylic acids is 4. The summed E-state index contributed by atoms with van der Waals surface area (Å²) in [5, 5.41) is 12.8. The lowest BCUT2D eigenvalue weighted by Gasteiger charge is -2.22. The molecule has 0 spiro atoms. The van der Waals surface area contributed by atoms with Crippen LogP contribution < -0.4 is 58.0 Å². The molecule has 4 fully saturated rings. The number of aromatic nitrogens is 10. The van der Waals surface area contributed by atoms with Crippen LogP contribution in [0.25, 0.3) is 45.6 Å². The van der Waals surface area contributed by atoms with Crippen molar-refractivity contribution in [3.8, 4) is 51.4 Å². The lowest BCUT2D eigenvalue weighted by atomic mass is 10.1. The molecule has 8 atom stereocenters. The monoisotopic (exact) mass is 1810 g/mol. The number of ether oxygens (including phenoxy) is 9. The number of aryl methyl sites for hydroxylation is 7. The molecule has 128 heavy (non-hydrogen) atoms. The Morgan fingerprint density at radius 2 is 0.742 bits per heavy atom. The molecule has 4 unspecified atom stereocenters. The van der Waals surface area contributed by atoms with Crippen molar-refractivity contribution in [2.24, 2.45) is 28.2 Å².